The highest BCUT2D eigenvalue weighted by Gasteiger charge is 2.26. The normalized spacial score (nSPS) is 22.4. The average molecular weight is 280 g/mol. The maximum absolute atomic E-state index is 14.0. The van der Waals surface area contributed by atoms with E-state index in [1.807, 2.05) is 0 Å². The van der Waals surface area contributed by atoms with Crippen LogP contribution in [0.2, 0.25) is 0 Å². The molecule has 0 spiro atoms. The topological polar surface area (TPSA) is 80.0 Å². The zero-order valence-electron chi connectivity index (χ0n) is 11.7. The lowest BCUT2D eigenvalue weighted by atomic mass is 9.83. The second-order valence-corrected chi connectivity index (χ2v) is 5.20. The summed E-state index contributed by atoms with van der Waals surface area (Å²) in [6.07, 6.45) is 6.78. The van der Waals surface area contributed by atoms with Gasteiger partial charge in [-0.1, -0.05) is 26.2 Å². The molecule has 1 amide bonds. The largest absolute Gasteiger partial charge is 0.349 e. The number of nitrogens with one attached hydrogen (secondary N) is 2. The first kappa shape index (κ1) is 14.7. The van der Waals surface area contributed by atoms with Gasteiger partial charge in [0.05, 0.1) is 5.56 Å². The highest BCUT2D eigenvalue weighted by molar-refractivity contribution is 5.95. The van der Waals surface area contributed by atoms with Gasteiger partial charge in [0.1, 0.15) is 0 Å². The SMILES string of the molecule is CCC1CCCCC1NC(=O)c1ccnc(NN)c1F. The summed E-state index contributed by atoms with van der Waals surface area (Å²) in [6.45, 7) is 2.12. The van der Waals surface area contributed by atoms with Gasteiger partial charge in [-0.15, -0.1) is 0 Å². The van der Waals surface area contributed by atoms with Crippen molar-refractivity contribution in [3.05, 3.63) is 23.6 Å². The van der Waals surface area contributed by atoms with Crippen LogP contribution >= 0.6 is 0 Å². The standard InChI is InChI=1S/C14H21FN4O/c1-2-9-5-3-4-6-11(9)18-14(20)10-7-8-17-13(19-16)12(10)15/h7-9,11H,2-6,16H2,1H3,(H,17,19)(H,18,20). The molecular formula is C14H21FN4O. The van der Waals surface area contributed by atoms with E-state index in [0.29, 0.717) is 5.92 Å². The third kappa shape index (κ3) is 3.07. The molecule has 1 fully saturated rings. The summed E-state index contributed by atoms with van der Waals surface area (Å²) in [4.78, 5) is 15.9. The molecule has 0 radical (unpaired) electrons. The molecule has 5 nitrogen and oxygen atoms in total. The number of halogens is 1. The minimum absolute atomic E-state index is 0.0200. The zero-order valence-corrected chi connectivity index (χ0v) is 11.7. The molecule has 1 aromatic heterocycles. The molecule has 1 saturated carbocycles. The van der Waals surface area contributed by atoms with E-state index >= 15 is 0 Å². The Morgan fingerprint density at radius 2 is 2.25 bits per heavy atom. The Labute approximate surface area is 118 Å². The van der Waals surface area contributed by atoms with Gasteiger partial charge in [-0.05, 0) is 24.8 Å². The summed E-state index contributed by atoms with van der Waals surface area (Å²) in [7, 11) is 0. The van der Waals surface area contributed by atoms with Crippen LogP contribution in [0.1, 0.15) is 49.4 Å². The van der Waals surface area contributed by atoms with Gasteiger partial charge in [0.15, 0.2) is 11.6 Å². The molecule has 6 heteroatoms. The minimum Gasteiger partial charge on any atom is -0.349 e. The van der Waals surface area contributed by atoms with Crippen LogP contribution in [0.15, 0.2) is 12.3 Å². The number of amides is 1. The quantitative estimate of drug-likeness (QED) is 0.583. The van der Waals surface area contributed by atoms with Gasteiger partial charge in [0, 0.05) is 12.2 Å². The van der Waals surface area contributed by atoms with E-state index in [4.69, 9.17) is 5.84 Å². The molecule has 20 heavy (non-hydrogen) atoms. The average Bonchev–Trinajstić information content (AvgIpc) is 2.48. The lowest BCUT2D eigenvalue weighted by Gasteiger charge is -2.31. The van der Waals surface area contributed by atoms with Crippen molar-refractivity contribution < 1.29 is 9.18 Å². The van der Waals surface area contributed by atoms with E-state index in [1.165, 1.54) is 18.7 Å². The van der Waals surface area contributed by atoms with E-state index in [1.54, 1.807) is 0 Å². The fourth-order valence-corrected chi connectivity index (χ4v) is 2.85. The van der Waals surface area contributed by atoms with Gasteiger partial charge in [0.2, 0.25) is 0 Å². The molecular weight excluding hydrogens is 259 g/mol. The third-order valence-corrected chi connectivity index (χ3v) is 4.02. The molecule has 1 aromatic rings. The summed E-state index contributed by atoms with van der Waals surface area (Å²) < 4.78 is 14.0. The van der Waals surface area contributed by atoms with Crippen LogP contribution in [0.5, 0.6) is 0 Å². The third-order valence-electron chi connectivity index (χ3n) is 4.02. The van der Waals surface area contributed by atoms with Gasteiger partial charge < -0.3 is 10.7 Å². The Bertz CT molecular complexity index is 480. The second kappa shape index (κ2) is 6.65. The molecule has 0 saturated heterocycles. The Balaban J connectivity index is 2.11. The first-order valence-electron chi connectivity index (χ1n) is 7.09. The number of carbonyl (C=O) groups is 1. The Morgan fingerprint density at radius 3 is 2.95 bits per heavy atom. The number of rotatable bonds is 4. The van der Waals surface area contributed by atoms with Crippen LogP contribution < -0.4 is 16.6 Å². The molecule has 0 aromatic carbocycles. The minimum atomic E-state index is -0.712. The van der Waals surface area contributed by atoms with Crippen molar-refractivity contribution in [1.82, 2.24) is 10.3 Å². The zero-order chi connectivity index (χ0) is 14.5. The molecule has 110 valence electrons. The van der Waals surface area contributed by atoms with Crippen molar-refractivity contribution in [3.63, 3.8) is 0 Å². The van der Waals surface area contributed by atoms with Crippen LogP contribution in [-0.2, 0) is 0 Å². The Kier molecular flexibility index (Phi) is 4.89. The predicted molar refractivity (Wildman–Crippen MR) is 75.5 cm³/mol. The number of hydrogen-bond acceptors (Lipinski definition) is 4. The fourth-order valence-electron chi connectivity index (χ4n) is 2.85. The number of pyridine rings is 1. The van der Waals surface area contributed by atoms with Crippen molar-refractivity contribution in [2.45, 2.75) is 45.1 Å². The van der Waals surface area contributed by atoms with Crippen LogP contribution in [0.3, 0.4) is 0 Å². The number of anilines is 1. The summed E-state index contributed by atoms with van der Waals surface area (Å²) in [5.41, 5.74) is 2.13. The number of nitrogens with two attached hydrogens (primary N) is 1. The molecule has 4 N–H and O–H groups in total. The molecule has 2 unspecified atom stereocenters. The van der Waals surface area contributed by atoms with Gasteiger partial charge in [-0.3, -0.25) is 4.79 Å². The van der Waals surface area contributed by atoms with Crippen molar-refractivity contribution in [2.75, 3.05) is 5.43 Å². The number of carbonyl (C=O) groups excluding carboxylic acids is 1. The van der Waals surface area contributed by atoms with Crippen molar-refractivity contribution in [2.24, 2.45) is 11.8 Å². The monoisotopic (exact) mass is 280 g/mol. The Morgan fingerprint density at radius 1 is 1.50 bits per heavy atom. The molecule has 2 atom stereocenters. The van der Waals surface area contributed by atoms with Gasteiger partial charge in [-0.25, -0.2) is 15.2 Å². The molecule has 1 heterocycles. The lowest BCUT2D eigenvalue weighted by Crippen LogP contribution is -2.42. The smallest absolute Gasteiger partial charge is 0.254 e. The van der Waals surface area contributed by atoms with Crippen molar-refractivity contribution in [1.29, 1.82) is 0 Å². The van der Waals surface area contributed by atoms with Crippen LogP contribution in [0, 0.1) is 11.7 Å². The number of aromatic nitrogens is 1. The number of hydrogen-bond donors (Lipinski definition) is 3. The predicted octanol–water partition coefficient (Wildman–Crippen LogP) is 2.20. The number of hydrazine groups is 1. The Hall–Kier alpha value is -1.69. The van der Waals surface area contributed by atoms with E-state index in [0.717, 1.165) is 25.7 Å². The van der Waals surface area contributed by atoms with E-state index < -0.39 is 11.7 Å². The molecule has 0 bridgehead atoms. The first-order valence-corrected chi connectivity index (χ1v) is 7.09. The summed E-state index contributed by atoms with van der Waals surface area (Å²) in [6, 6.07) is 1.50. The number of nitrogen functional groups attached to an aromatic ring is 1. The maximum atomic E-state index is 14.0. The highest BCUT2D eigenvalue weighted by atomic mass is 19.1. The summed E-state index contributed by atoms with van der Waals surface area (Å²) >= 11 is 0. The van der Waals surface area contributed by atoms with Gasteiger partial charge >= 0.3 is 0 Å². The van der Waals surface area contributed by atoms with Crippen molar-refractivity contribution >= 4 is 11.7 Å². The molecule has 0 aliphatic heterocycles. The highest BCUT2D eigenvalue weighted by Crippen LogP contribution is 2.27. The summed E-state index contributed by atoms with van der Waals surface area (Å²) in [5.74, 6) is 4.41. The van der Waals surface area contributed by atoms with E-state index in [2.05, 4.69) is 22.7 Å². The van der Waals surface area contributed by atoms with Crippen LogP contribution in [-0.4, -0.2) is 16.9 Å². The van der Waals surface area contributed by atoms with Crippen LogP contribution in [0.25, 0.3) is 0 Å². The van der Waals surface area contributed by atoms with Gasteiger partial charge in [0.25, 0.3) is 5.91 Å². The van der Waals surface area contributed by atoms with Crippen molar-refractivity contribution in [3.8, 4) is 0 Å². The summed E-state index contributed by atoms with van der Waals surface area (Å²) in [5, 5.41) is 2.95. The van der Waals surface area contributed by atoms with E-state index in [-0.39, 0.29) is 17.4 Å². The lowest BCUT2D eigenvalue weighted by molar-refractivity contribution is 0.0900. The second-order valence-electron chi connectivity index (χ2n) is 5.20. The van der Waals surface area contributed by atoms with Gasteiger partial charge in [-0.2, -0.15) is 0 Å². The molecule has 1 aliphatic carbocycles. The first-order chi connectivity index (χ1) is 9.67. The molecule has 1 aliphatic rings. The molecule has 2 rings (SSSR count). The van der Waals surface area contributed by atoms with E-state index in [9.17, 15) is 9.18 Å². The number of nitrogens with zero attached hydrogens (tertiary/aromatic N) is 1. The fraction of sp³-hybridized carbons (Fsp3) is 0.571. The van der Waals surface area contributed by atoms with Crippen LogP contribution in [0.4, 0.5) is 10.2 Å². The maximum Gasteiger partial charge on any atom is 0.254 e.